The minimum atomic E-state index is -3.47. The fourth-order valence-corrected chi connectivity index (χ4v) is 17.3. The molecule has 8 N–H and O–H groups in total. The summed E-state index contributed by atoms with van der Waals surface area (Å²) in [6.07, 6.45) is 1.43. The number of hydrogen-bond donors (Lipinski definition) is 8. The smallest absolute Gasteiger partial charge is 0.263 e. The number of aliphatic hydroxyl groups is 4. The van der Waals surface area contributed by atoms with Crippen LogP contribution in [0, 0.1) is 0 Å². The van der Waals surface area contributed by atoms with E-state index in [4.69, 9.17) is 23.9 Å². The maximum absolute atomic E-state index is 13.1. The van der Waals surface area contributed by atoms with Crippen molar-refractivity contribution in [3.8, 4) is 0 Å². The molecule has 0 bridgehead atoms. The van der Waals surface area contributed by atoms with Crippen molar-refractivity contribution in [2.24, 2.45) is 0 Å². The highest BCUT2D eigenvalue weighted by atomic mass is 32.2. The Bertz CT molecular complexity index is 6380. The molecule has 0 unspecified atom stereocenters. The molecule has 6 aliphatic rings. The number of rotatable bonds is 23. The van der Waals surface area contributed by atoms with Crippen LogP contribution in [0.1, 0.15) is 142 Å². The predicted molar refractivity (Wildman–Crippen MR) is 483 cm³/mol. The molecule has 2 saturated carbocycles. The highest BCUT2D eigenvalue weighted by Gasteiger charge is 2.33. The largest absolute Gasteiger partial charge is 0.396 e. The lowest BCUT2D eigenvalue weighted by Crippen LogP contribution is -2.41. The van der Waals surface area contributed by atoms with Crippen LogP contribution >= 0.6 is 0 Å². The van der Waals surface area contributed by atoms with Gasteiger partial charge in [0.25, 0.3) is 60.1 Å². The van der Waals surface area contributed by atoms with Crippen LogP contribution < -0.4 is 40.9 Å². The molecule has 6 fully saturated rings. The van der Waals surface area contributed by atoms with E-state index >= 15 is 0 Å². The lowest BCUT2D eigenvalue weighted by Gasteiger charge is -2.28. The molecule has 2 aliphatic carbocycles. The summed E-state index contributed by atoms with van der Waals surface area (Å²) >= 11 is 0. The first-order valence-corrected chi connectivity index (χ1v) is 45.2. The zero-order valence-corrected chi connectivity index (χ0v) is 72.7. The Balaban J connectivity index is 0.000000135. The zero-order chi connectivity index (χ0) is 92.9. The predicted octanol–water partition coefficient (Wildman–Crippen LogP) is 11.6. The van der Waals surface area contributed by atoms with E-state index < -0.39 is 40.4 Å². The topological polar surface area (TPSA) is 421 Å². The molecule has 34 nitrogen and oxygen atoms in total. The van der Waals surface area contributed by atoms with Crippen LogP contribution in [0.5, 0.6) is 0 Å². The van der Waals surface area contributed by atoms with Crippen molar-refractivity contribution in [2.75, 3.05) is 139 Å². The highest BCUT2D eigenvalue weighted by molar-refractivity contribution is 7.90. The summed E-state index contributed by atoms with van der Waals surface area (Å²) in [6, 6.07) is 47.5. The Kier molecular flexibility index (Phi) is 30.0. The van der Waals surface area contributed by atoms with Gasteiger partial charge < -0.3 is 77.2 Å². The van der Waals surface area contributed by atoms with Gasteiger partial charge in [-0.3, -0.25) is 59.6 Å². The van der Waals surface area contributed by atoms with Crippen molar-refractivity contribution in [3.63, 3.8) is 0 Å². The summed E-state index contributed by atoms with van der Waals surface area (Å²) in [5, 5.41) is 49.7. The van der Waals surface area contributed by atoms with Gasteiger partial charge in [0, 0.05) is 127 Å². The molecule has 132 heavy (non-hydrogen) atoms. The first kappa shape index (κ1) is 93.4. The maximum atomic E-state index is 13.1. The van der Waals surface area contributed by atoms with Crippen molar-refractivity contribution in [1.29, 1.82) is 0 Å². The van der Waals surface area contributed by atoms with Crippen molar-refractivity contribution in [2.45, 2.75) is 119 Å². The molecule has 0 spiro atoms. The number of hydrogen-bond acceptors (Lipinski definition) is 22. The quantitative estimate of drug-likeness (QED) is 0.0276. The number of fused-ring (bicyclic) bond motifs is 4. The average Bonchev–Trinajstić information content (AvgIpc) is 1.64. The maximum Gasteiger partial charge on any atom is 0.263 e. The third-order valence-corrected chi connectivity index (χ3v) is 24.5. The van der Waals surface area contributed by atoms with Gasteiger partial charge in [-0.25, -0.2) is 45.9 Å². The number of aromatic nitrogens is 8. The molecule has 0 radical (unpaired) electrons. The third-order valence-electron chi connectivity index (χ3n) is 23.4. The number of anilines is 8. The van der Waals surface area contributed by atoms with Crippen LogP contribution in [0.4, 0.5) is 64.1 Å². The standard InChI is InChI=1S/C25H26F2N4O4.C25H28N4O6S.C22H22F2N4O4.C21H22N4O4/c26-23(27)15-2-1-3-16(12-15)24(34)29-25-28-20-13-18(30-10-11-35-14-22(30)33)6-9-21(20)31(25)17-4-7-19(32)8-5-17;1-36(33,34)20-4-2-3-16(13-20)24(32)27-25-26-21-14-18(28-11-12-35-15-23(28)31)7-10-22(21)29(25)17-5-8-19(30)9-6-17;23-20(24)14-3-1-4-15(11-14)21(31)26-22-25-17-12-16(27-8-10-32-13-19(27)30)5-6-18(17)28(22)7-2-9-29;26-11-4-9-25-18-8-7-16(24-10-12-29-14-19(24)27)13-17(18)22-21(25)23-20(28)15-5-2-1-3-6-15/h1-3,6,9,12-13,17,19,23,32H,4-5,7-8,10-11,14H2,(H,28,29,34);2-4,7,10,13-14,17,19,30H,5-6,8-9,11-12,15H2,1H3,(H,26,27,32);1,3-6,11-12,20,29H,2,7-10,13H2,(H,25,26,31);1-3,5-8,13,26H,4,9-12,14H2,(H,22,23,28). The van der Waals surface area contributed by atoms with E-state index in [1.54, 1.807) is 78.8 Å². The number of morpholine rings is 4. The third kappa shape index (κ3) is 22.0. The van der Waals surface area contributed by atoms with Crippen LogP contribution in [0.25, 0.3) is 44.1 Å². The van der Waals surface area contributed by atoms with Gasteiger partial charge in [0.1, 0.15) is 26.4 Å². The average molecular weight is 1840 g/mol. The molecule has 4 saturated heterocycles. The van der Waals surface area contributed by atoms with E-state index in [0.717, 1.165) is 47.4 Å². The molecular formula is C93H98F4N16O18S. The van der Waals surface area contributed by atoms with Crippen molar-refractivity contribution in [1.82, 2.24) is 38.2 Å². The molecule has 8 amide bonds. The summed E-state index contributed by atoms with van der Waals surface area (Å²) in [6.45, 7) is 4.66. The van der Waals surface area contributed by atoms with Gasteiger partial charge in [0.15, 0.2) is 9.84 Å². The normalized spacial score (nSPS) is 18.0. The number of amides is 8. The second kappa shape index (κ2) is 42.3. The molecule has 18 rings (SSSR count). The van der Waals surface area contributed by atoms with Gasteiger partial charge in [0.05, 0.1) is 87.7 Å². The van der Waals surface area contributed by atoms with Crippen LogP contribution in [-0.4, -0.2) is 225 Å². The molecule has 4 aliphatic heterocycles. The summed E-state index contributed by atoms with van der Waals surface area (Å²) in [7, 11) is -3.47. The minimum absolute atomic E-state index is 0.00182. The molecule has 4 aromatic heterocycles. The fourth-order valence-electron chi connectivity index (χ4n) is 16.7. The van der Waals surface area contributed by atoms with E-state index in [1.807, 2.05) is 68.3 Å². The van der Waals surface area contributed by atoms with Crippen LogP contribution in [-0.2, 0) is 61.1 Å². The van der Waals surface area contributed by atoms with Gasteiger partial charge in [-0.1, -0.05) is 48.5 Å². The number of halogens is 4. The fraction of sp³-hybridized carbons (Fsp3) is 0.355. The van der Waals surface area contributed by atoms with Crippen LogP contribution in [0.3, 0.4) is 0 Å². The van der Waals surface area contributed by atoms with Gasteiger partial charge in [-0.05, 0) is 192 Å². The lowest BCUT2D eigenvalue weighted by molar-refractivity contribution is -0.126. The number of carbonyl (C=O) groups is 8. The van der Waals surface area contributed by atoms with E-state index in [9.17, 15) is 84.8 Å². The van der Waals surface area contributed by atoms with Crippen LogP contribution in [0.15, 0.2) is 181 Å². The Hall–Kier alpha value is -13.3. The molecular weight excluding hydrogens is 1740 g/mol. The number of benzene rings is 8. The zero-order valence-electron chi connectivity index (χ0n) is 71.9. The number of ether oxygens (including phenoxy) is 4. The van der Waals surface area contributed by atoms with Gasteiger partial charge >= 0.3 is 0 Å². The SMILES string of the molecule is CS(=O)(=O)c1cccc(C(=O)Nc2nc3cc(N4CCOCC4=O)ccc3n2C2CCC(O)CC2)c1.O=C(Nc1nc2cc(N3CCOCC3=O)ccc2n1C1CCC(O)CC1)c1cccc(C(F)F)c1.O=C(Nc1nc2cc(N3CCOCC3=O)ccc2n1CCCO)c1cccc(C(F)F)c1.O=C(Nc1nc2cc(N3CCOCC3=O)ccc2n1CCCO)c1ccccc1. The van der Waals surface area contributed by atoms with E-state index in [-0.39, 0.29) is 132 Å². The first-order valence-electron chi connectivity index (χ1n) is 43.3. The highest BCUT2D eigenvalue weighted by Crippen LogP contribution is 2.40. The minimum Gasteiger partial charge on any atom is -0.396 e. The number of aliphatic hydroxyl groups excluding tert-OH is 4. The summed E-state index contributed by atoms with van der Waals surface area (Å²) < 4.78 is 104. The number of sulfone groups is 1. The Labute approximate surface area is 754 Å². The summed E-state index contributed by atoms with van der Waals surface area (Å²) in [5.74, 6) is -1.06. The number of aryl methyl sites for hydroxylation is 2. The number of alkyl halides is 4. The molecule has 12 aromatic rings. The monoisotopic (exact) mass is 1830 g/mol. The Morgan fingerprint density at radius 1 is 0.394 bits per heavy atom. The Morgan fingerprint density at radius 3 is 1.05 bits per heavy atom. The van der Waals surface area contributed by atoms with Crippen molar-refractivity contribution in [3.05, 3.63) is 209 Å². The number of imidazole rings is 4. The van der Waals surface area contributed by atoms with Crippen LogP contribution in [0.2, 0.25) is 0 Å². The van der Waals surface area contributed by atoms with Gasteiger partial charge in [0.2, 0.25) is 23.8 Å². The second-order valence-electron chi connectivity index (χ2n) is 32.3. The van der Waals surface area contributed by atoms with Gasteiger partial charge in [-0.2, -0.15) is 0 Å². The number of nitrogens with one attached hydrogen (secondary N) is 4. The molecule has 8 heterocycles. The number of carbonyl (C=O) groups excluding carboxylic acids is 8. The second-order valence-corrected chi connectivity index (χ2v) is 34.3. The molecule has 692 valence electrons. The first-order chi connectivity index (χ1) is 63.7. The molecule has 0 atom stereocenters. The number of nitrogens with zero attached hydrogens (tertiary/aromatic N) is 12. The molecule has 8 aromatic carbocycles. The lowest BCUT2D eigenvalue weighted by atomic mass is 9.93. The van der Waals surface area contributed by atoms with E-state index in [1.165, 1.54) is 60.7 Å². The van der Waals surface area contributed by atoms with E-state index in [0.29, 0.717) is 185 Å². The Morgan fingerprint density at radius 2 is 0.705 bits per heavy atom. The van der Waals surface area contributed by atoms with E-state index in [2.05, 4.69) is 36.2 Å². The molecule has 39 heteroatoms. The summed E-state index contributed by atoms with van der Waals surface area (Å²) in [5.41, 5.74) is 8.85. The van der Waals surface area contributed by atoms with Crippen molar-refractivity contribution < 1.29 is 104 Å². The van der Waals surface area contributed by atoms with Crippen molar-refractivity contribution >= 4 is 148 Å². The summed E-state index contributed by atoms with van der Waals surface area (Å²) in [4.78, 5) is 126. The van der Waals surface area contributed by atoms with Gasteiger partial charge in [-0.15, -0.1) is 0 Å².